The molecule has 0 unspecified atom stereocenters. The lowest BCUT2D eigenvalue weighted by atomic mass is 9.95. The molecule has 0 fully saturated rings. The molecule has 2 N–H and O–H groups in total. The smallest absolute Gasteiger partial charge is 0.344 e. The summed E-state index contributed by atoms with van der Waals surface area (Å²) in [7, 11) is 2.80. The lowest BCUT2D eigenvalue weighted by molar-refractivity contribution is -0.145. The molecule has 8 nitrogen and oxygen atoms in total. The first-order valence-corrected chi connectivity index (χ1v) is 8.65. The number of benzene rings is 1. The van der Waals surface area contributed by atoms with Crippen LogP contribution in [0.3, 0.4) is 0 Å². The van der Waals surface area contributed by atoms with Gasteiger partial charge in [-0.3, -0.25) is 0 Å². The number of thiocarbonyl (C=S) groups is 1. The van der Waals surface area contributed by atoms with E-state index in [1.807, 2.05) is 0 Å². The van der Waals surface area contributed by atoms with Gasteiger partial charge < -0.3 is 29.6 Å². The van der Waals surface area contributed by atoms with Gasteiger partial charge in [0.1, 0.15) is 0 Å². The fourth-order valence-corrected chi connectivity index (χ4v) is 2.92. The molecular formula is C18H22N2O6S. The van der Waals surface area contributed by atoms with Crippen molar-refractivity contribution in [3.8, 4) is 11.5 Å². The summed E-state index contributed by atoms with van der Waals surface area (Å²) in [5, 5.41) is 6.37. The first-order valence-electron chi connectivity index (χ1n) is 8.24. The Morgan fingerprint density at radius 1 is 1.22 bits per heavy atom. The molecule has 2 rings (SSSR count). The molecule has 0 aliphatic carbocycles. The van der Waals surface area contributed by atoms with Crippen LogP contribution >= 0.6 is 12.2 Å². The molecule has 0 spiro atoms. The van der Waals surface area contributed by atoms with Gasteiger partial charge in [0.05, 0.1) is 32.4 Å². The number of carbonyl (C=O) groups is 2. The summed E-state index contributed by atoms with van der Waals surface area (Å²) in [6, 6.07) is 4.61. The molecular weight excluding hydrogens is 372 g/mol. The Bertz CT molecular complexity index is 777. The number of esters is 2. The van der Waals surface area contributed by atoms with Crippen molar-refractivity contribution in [1.82, 2.24) is 10.6 Å². The number of hydrogen-bond donors (Lipinski definition) is 2. The standard InChI is InChI=1S/C18H22N2O6S/c1-5-25-14(21)9-26-12-7-6-11(8-13(12)23-3)16-15(17(22)24-4)10(2)19-18(27)20-16/h6-8,16H,5,9H2,1-4H3,(H2,19,20,27)/t16-/m1/s1. The van der Waals surface area contributed by atoms with Gasteiger partial charge in [0, 0.05) is 5.70 Å². The summed E-state index contributed by atoms with van der Waals surface area (Å²) in [4.78, 5) is 23.7. The molecule has 1 aliphatic heterocycles. The van der Waals surface area contributed by atoms with Crippen molar-refractivity contribution in [2.45, 2.75) is 19.9 Å². The third-order valence-electron chi connectivity index (χ3n) is 3.85. The SMILES string of the molecule is CCOC(=O)COc1ccc([C@H]2NC(=S)NC(C)=C2C(=O)OC)cc1OC. The lowest BCUT2D eigenvalue weighted by Crippen LogP contribution is -2.45. The second-order valence-electron chi connectivity index (χ2n) is 5.57. The molecule has 9 heteroatoms. The number of allylic oxidation sites excluding steroid dienone is 1. The second kappa shape index (κ2) is 9.22. The fraction of sp³-hybridized carbons (Fsp3) is 0.389. The Morgan fingerprint density at radius 2 is 1.96 bits per heavy atom. The van der Waals surface area contributed by atoms with E-state index in [1.54, 1.807) is 32.0 Å². The van der Waals surface area contributed by atoms with Crippen LogP contribution in [0.1, 0.15) is 25.5 Å². The van der Waals surface area contributed by atoms with Crippen LogP contribution in [0.15, 0.2) is 29.5 Å². The van der Waals surface area contributed by atoms with Gasteiger partial charge in [0.15, 0.2) is 23.2 Å². The van der Waals surface area contributed by atoms with E-state index < -0.39 is 18.0 Å². The zero-order valence-corrected chi connectivity index (χ0v) is 16.4. The van der Waals surface area contributed by atoms with Gasteiger partial charge in [0.25, 0.3) is 0 Å². The van der Waals surface area contributed by atoms with Crippen LogP contribution in [0.25, 0.3) is 0 Å². The quantitative estimate of drug-likeness (QED) is 0.528. The van der Waals surface area contributed by atoms with E-state index in [0.717, 1.165) is 5.56 Å². The predicted octanol–water partition coefficient (Wildman–Crippen LogP) is 1.60. The largest absolute Gasteiger partial charge is 0.493 e. The topological polar surface area (TPSA) is 95.1 Å². The molecule has 0 bridgehead atoms. The summed E-state index contributed by atoms with van der Waals surface area (Å²) >= 11 is 5.20. The Kier molecular flexibility index (Phi) is 7.00. The molecule has 0 radical (unpaired) electrons. The molecule has 27 heavy (non-hydrogen) atoms. The van der Waals surface area contributed by atoms with E-state index in [1.165, 1.54) is 14.2 Å². The van der Waals surface area contributed by atoms with Crippen LogP contribution in [0, 0.1) is 0 Å². The van der Waals surface area contributed by atoms with Gasteiger partial charge in [-0.2, -0.15) is 0 Å². The molecule has 1 aliphatic rings. The monoisotopic (exact) mass is 394 g/mol. The Hall–Kier alpha value is -2.81. The van der Waals surface area contributed by atoms with Gasteiger partial charge in [-0.05, 0) is 43.8 Å². The van der Waals surface area contributed by atoms with E-state index in [9.17, 15) is 9.59 Å². The maximum Gasteiger partial charge on any atom is 0.344 e. The third kappa shape index (κ3) is 4.88. The van der Waals surface area contributed by atoms with Crippen LogP contribution in [0.4, 0.5) is 0 Å². The van der Waals surface area contributed by atoms with Gasteiger partial charge in [-0.1, -0.05) is 6.07 Å². The average molecular weight is 394 g/mol. The van der Waals surface area contributed by atoms with E-state index in [2.05, 4.69) is 10.6 Å². The summed E-state index contributed by atoms with van der Waals surface area (Å²) in [6.45, 7) is 3.52. The molecule has 0 saturated carbocycles. The number of hydrogen-bond acceptors (Lipinski definition) is 7. The van der Waals surface area contributed by atoms with Crippen LogP contribution < -0.4 is 20.1 Å². The van der Waals surface area contributed by atoms with Crippen molar-refractivity contribution >= 4 is 29.3 Å². The van der Waals surface area contributed by atoms with E-state index in [4.69, 9.17) is 31.2 Å². The van der Waals surface area contributed by atoms with E-state index in [-0.39, 0.29) is 13.2 Å². The Labute approximate surface area is 162 Å². The summed E-state index contributed by atoms with van der Waals surface area (Å²) in [5.74, 6) is -0.154. The first-order chi connectivity index (χ1) is 12.9. The van der Waals surface area contributed by atoms with E-state index >= 15 is 0 Å². The molecule has 0 amide bonds. The minimum atomic E-state index is -0.515. The minimum absolute atomic E-state index is 0.231. The number of methoxy groups -OCH3 is 2. The van der Waals surface area contributed by atoms with Gasteiger partial charge in [0.2, 0.25) is 0 Å². The van der Waals surface area contributed by atoms with Gasteiger partial charge in [-0.25, -0.2) is 9.59 Å². The van der Waals surface area contributed by atoms with Crippen molar-refractivity contribution in [3.05, 3.63) is 35.0 Å². The first kappa shape index (κ1) is 20.5. The molecule has 1 heterocycles. The molecule has 0 saturated heterocycles. The van der Waals surface area contributed by atoms with Gasteiger partial charge in [-0.15, -0.1) is 0 Å². The van der Waals surface area contributed by atoms with Crippen molar-refractivity contribution in [3.63, 3.8) is 0 Å². The number of carbonyl (C=O) groups excluding carboxylic acids is 2. The average Bonchev–Trinajstić information content (AvgIpc) is 2.65. The molecule has 1 aromatic rings. The van der Waals surface area contributed by atoms with Gasteiger partial charge >= 0.3 is 11.9 Å². The minimum Gasteiger partial charge on any atom is -0.493 e. The highest BCUT2D eigenvalue weighted by atomic mass is 32.1. The van der Waals surface area contributed by atoms with Crippen LogP contribution in [-0.4, -0.2) is 44.5 Å². The van der Waals surface area contributed by atoms with Crippen LogP contribution in [0.5, 0.6) is 11.5 Å². The number of rotatable bonds is 7. The second-order valence-corrected chi connectivity index (χ2v) is 5.97. The number of nitrogens with one attached hydrogen (secondary N) is 2. The Morgan fingerprint density at radius 3 is 2.59 bits per heavy atom. The fourth-order valence-electron chi connectivity index (χ4n) is 2.65. The zero-order chi connectivity index (χ0) is 20.0. The highest BCUT2D eigenvalue weighted by Gasteiger charge is 2.31. The molecule has 146 valence electrons. The maximum absolute atomic E-state index is 12.2. The normalized spacial score (nSPS) is 16.1. The van der Waals surface area contributed by atoms with Crippen LogP contribution in [-0.2, 0) is 19.1 Å². The predicted molar refractivity (Wildman–Crippen MR) is 101 cm³/mol. The molecule has 0 aromatic heterocycles. The zero-order valence-electron chi connectivity index (χ0n) is 15.6. The summed E-state index contributed by atoms with van der Waals surface area (Å²) in [6.07, 6.45) is 0. The Balaban J connectivity index is 2.32. The van der Waals surface area contributed by atoms with Crippen molar-refractivity contribution in [1.29, 1.82) is 0 Å². The van der Waals surface area contributed by atoms with Crippen molar-refractivity contribution in [2.24, 2.45) is 0 Å². The summed E-state index contributed by atoms with van der Waals surface area (Å²) in [5.41, 5.74) is 1.74. The van der Waals surface area contributed by atoms with Crippen molar-refractivity contribution < 1.29 is 28.5 Å². The number of ether oxygens (including phenoxy) is 4. The molecule has 1 aromatic carbocycles. The lowest BCUT2D eigenvalue weighted by Gasteiger charge is -2.30. The third-order valence-corrected chi connectivity index (χ3v) is 4.07. The summed E-state index contributed by atoms with van der Waals surface area (Å²) < 4.78 is 20.5. The highest BCUT2D eigenvalue weighted by Crippen LogP contribution is 2.34. The van der Waals surface area contributed by atoms with Crippen molar-refractivity contribution in [2.75, 3.05) is 27.4 Å². The van der Waals surface area contributed by atoms with Crippen LogP contribution in [0.2, 0.25) is 0 Å². The van der Waals surface area contributed by atoms with E-state index in [0.29, 0.717) is 27.9 Å². The maximum atomic E-state index is 12.2. The molecule has 1 atom stereocenters. The highest BCUT2D eigenvalue weighted by molar-refractivity contribution is 7.80.